The molecule has 4 rings (SSSR count). The first kappa shape index (κ1) is 18.9. The van der Waals surface area contributed by atoms with Gasteiger partial charge in [-0.2, -0.15) is 0 Å². The molecule has 3 heterocycles. The molecular weight excluding hydrogens is 369 g/mol. The Morgan fingerprint density at radius 3 is 2.38 bits per heavy atom. The van der Waals surface area contributed by atoms with E-state index in [1.807, 2.05) is 24.3 Å². The third kappa shape index (κ3) is 4.68. The molecule has 1 aliphatic heterocycles. The Kier molecular flexibility index (Phi) is 5.65. The molecule has 0 aliphatic carbocycles. The number of pyridine rings is 2. The molecule has 1 aromatic carbocycles. The number of hydrogen-bond acceptors (Lipinski definition) is 5. The molecule has 1 aliphatic rings. The van der Waals surface area contributed by atoms with E-state index >= 15 is 0 Å². The van der Waals surface area contributed by atoms with E-state index in [0.29, 0.717) is 12.1 Å². The second-order valence-electron chi connectivity index (χ2n) is 6.89. The summed E-state index contributed by atoms with van der Waals surface area (Å²) in [5.74, 6) is -0.397. The predicted molar refractivity (Wildman–Crippen MR) is 110 cm³/mol. The van der Waals surface area contributed by atoms with Crippen LogP contribution in [-0.4, -0.2) is 42.1 Å². The molecule has 7 heteroatoms. The summed E-state index contributed by atoms with van der Waals surface area (Å²) in [6.45, 7) is 3.62. The van der Waals surface area contributed by atoms with Crippen molar-refractivity contribution in [1.82, 2.24) is 15.3 Å². The van der Waals surface area contributed by atoms with Crippen molar-refractivity contribution in [2.24, 2.45) is 0 Å². The van der Waals surface area contributed by atoms with Gasteiger partial charge in [-0.3, -0.25) is 14.8 Å². The van der Waals surface area contributed by atoms with Crippen LogP contribution >= 0.6 is 0 Å². The quantitative estimate of drug-likeness (QED) is 0.725. The standard InChI is InChI=1S/C22H22FN5O/c23-18-4-6-20(7-5-18)27-9-11-28(12-10-27)21-13-17(14-24-16-21)22(29)26-15-19-3-1-2-8-25-19/h1-8,13-14,16H,9-12,15H2,(H,26,29). The van der Waals surface area contributed by atoms with Gasteiger partial charge in [0.15, 0.2) is 0 Å². The minimum Gasteiger partial charge on any atom is -0.368 e. The number of nitrogens with zero attached hydrogens (tertiary/aromatic N) is 4. The van der Waals surface area contributed by atoms with Gasteiger partial charge in [0.25, 0.3) is 5.91 Å². The van der Waals surface area contributed by atoms with Crippen molar-refractivity contribution in [2.45, 2.75) is 6.54 Å². The largest absolute Gasteiger partial charge is 0.368 e. The van der Waals surface area contributed by atoms with Gasteiger partial charge in [0.1, 0.15) is 5.82 Å². The van der Waals surface area contributed by atoms with Gasteiger partial charge < -0.3 is 15.1 Å². The fourth-order valence-electron chi connectivity index (χ4n) is 3.38. The molecule has 1 fully saturated rings. The van der Waals surface area contributed by atoms with Gasteiger partial charge in [-0.25, -0.2) is 4.39 Å². The van der Waals surface area contributed by atoms with Crippen LogP contribution in [0.15, 0.2) is 67.1 Å². The lowest BCUT2D eigenvalue weighted by molar-refractivity contribution is 0.0950. The molecule has 1 N–H and O–H groups in total. The average Bonchev–Trinajstić information content (AvgIpc) is 2.79. The molecule has 3 aromatic rings. The molecule has 29 heavy (non-hydrogen) atoms. The molecule has 0 radical (unpaired) electrons. The fraction of sp³-hybridized carbons (Fsp3) is 0.227. The molecule has 148 valence electrons. The Morgan fingerprint density at radius 2 is 1.69 bits per heavy atom. The van der Waals surface area contributed by atoms with Crippen molar-refractivity contribution in [3.05, 3.63) is 84.2 Å². The van der Waals surface area contributed by atoms with Crippen molar-refractivity contribution in [3.63, 3.8) is 0 Å². The number of nitrogens with one attached hydrogen (secondary N) is 1. The average molecular weight is 391 g/mol. The zero-order valence-corrected chi connectivity index (χ0v) is 16.0. The van der Waals surface area contributed by atoms with Gasteiger partial charge in [-0.1, -0.05) is 6.07 Å². The molecule has 1 saturated heterocycles. The maximum Gasteiger partial charge on any atom is 0.253 e. The van der Waals surface area contributed by atoms with Crippen molar-refractivity contribution >= 4 is 17.3 Å². The van der Waals surface area contributed by atoms with E-state index < -0.39 is 0 Å². The molecule has 0 atom stereocenters. The van der Waals surface area contributed by atoms with Gasteiger partial charge in [0.2, 0.25) is 0 Å². The minimum absolute atomic E-state index is 0.171. The summed E-state index contributed by atoms with van der Waals surface area (Å²) in [4.78, 5) is 25.4. The number of rotatable bonds is 5. The van der Waals surface area contributed by atoms with Crippen LogP contribution in [0.5, 0.6) is 0 Å². The Labute approximate surface area is 169 Å². The van der Waals surface area contributed by atoms with Crippen molar-refractivity contribution < 1.29 is 9.18 Å². The number of amides is 1. The van der Waals surface area contributed by atoms with Crippen LogP contribution < -0.4 is 15.1 Å². The lowest BCUT2D eigenvalue weighted by Crippen LogP contribution is -2.46. The molecule has 6 nitrogen and oxygen atoms in total. The van der Waals surface area contributed by atoms with Crippen molar-refractivity contribution in [1.29, 1.82) is 0 Å². The molecule has 1 amide bonds. The van der Waals surface area contributed by atoms with Gasteiger partial charge in [-0.05, 0) is 42.5 Å². The summed E-state index contributed by atoms with van der Waals surface area (Å²) in [6.07, 6.45) is 5.06. The maximum absolute atomic E-state index is 13.1. The number of carbonyl (C=O) groups excluding carboxylic acids is 1. The lowest BCUT2D eigenvalue weighted by atomic mass is 10.2. The second kappa shape index (κ2) is 8.68. The van der Waals surface area contributed by atoms with E-state index in [2.05, 4.69) is 25.1 Å². The third-order valence-corrected chi connectivity index (χ3v) is 4.98. The number of halogens is 1. The van der Waals surface area contributed by atoms with Crippen LogP contribution in [-0.2, 0) is 6.54 Å². The summed E-state index contributed by atoms with van der Waals surface area (Å²) in [6, 6.07) is 14.1. The molecule has 0 saturated carbocycles. The molecule has 0 spiro atoms. The van der Waals surface area contributed by atoms with E-state index in [1.165, 1.54) is 12.1 Å². The number of hydrogen-bond donors (Lipinski definition) is 1. The smallest absolute Gasteiger partial charge is 0.253 e. The van der Waals surface area contributed by atoms with Crippen molar-refractivity contribution in [3.8, 4) is 0 Å². The van der Waals surface area contributed by atoms with Crippen LogP contribution in [0.4, 0.5) is 15.8 Å². The monoisotopic (exact) mass is 391 g/mol. The Hall–Kier alpha value is -3.48. The number of piperazine rings is 1. The van der Waals surface area contributed by atoms with E-state index in [-0.39, 0.29) is 11.7 Å². The fourth-order valence-corrected chi connectivity index (χ4v) is 3.38. The first-order valence-corrected chi connectivity index (χ1v) is 9.58. The Bertz CT molecular complexity index is 956. The molecule has 2 aromatic heterocycles. The van der Waals surface area contributed by atoms with E-state index in [9.17, 15) is 9.18 Å². The Morgan fingerprint density at radius 1 is 0.966 bits per heavy atom. The van der Waals surface area contributed by atoms with Gasteiger partial charge in [0, 0.05) is 44.3 Å². The minimum atomic E-state index is -0.225. The number of carbonyl (C=O) groups is 1. The van der Waals surface area contributed by atoms with Gasteiger partial charge in [-0.15, -0.1) is 0 Å². The summed E-state index contributed by atoms with van der Waals surface area (Å²) in [5, 5.41) is 2.88. The van der Waals surface area contributed by atoms with E-state index in [0.717, 1.165) is 43.2 Å². The molecule has 0 bridgehead atoms. The Balaban J connectivity index is 1.36. The highest BCUT2D eigenvalue weighted by Gasteiger charge is 2.19. The summed E-state index contributed by atoms with van der Waals surface area (Å²) >= 11 is 0. The maximum atomic E-state index is 13.1. The number of benzene rings is 1. The highest BCUT2D eigenvalue weighted by molar-refractivity contribution is 5.94. The first-order chi connectivity index (χ1) is 14.2. The predicted octanol–water partition coefficient (Wildman–Crippen LogP) is 2.87. The van der Waals surface area contributed by atoms with E-state index in [1.54, 1.807) is 30.7 Å². The highest BCUT2D eigenvalue weighted by atomic mass is 19.1. The van der Waals surface area contributed by atoms with E-state index in [4.69, 9.17) is 0 Å². The van der Waals surface area contributed by atoms with Crippen LogP contribution in [0, 0.1) is 5.82 Å². The number of aromatic nitrogens is 2. The van der Waals surface area contributed by atoms with Crippen LogP contribution in [0.2, 0.25) is 0 Å². The van der Waals surface area contributed by atoms with Crippen LogP contribution in [0.1, 0.15) is 16.1 Å². The third-order valence-electron chi connectivity index (χ3n) is 4.98. The van der Waals surface area contributed by atoms with Crippen LogP contribution in [0.25, 0.3) is 0 Å². The van der Waals surface area contributed by atoms with Crippen molar-refractivity contribution in [2.75, 3.05) is 36.0 Å². The second-order valence-corrected chi connectivity index (χ2v) is 6.89. The lowest BCUT2D eigenvalue weighted by Gasteiger charge is -2.37. The number of anilines is 2. The molecule has 0 unspecified atom stereocenters. The molecular formula is C22H22FN5O. The first-order valence-electron chi connectivity index (χ1n) is 9.58. The van der Waals surface area contributed by atoms with Crippen LogP contribution in [0.3, 0.4) is 0 Å². The highest BCUT2D eigenvalue weighted by Crippen LogP contribution is 2.21. The zero-order valence-electron chi connectivity index (χ0n) is 16.0. The SMILES string of the molecule is O=C(NCc1ccccn1)c1cncc(N2CCN(c3ccc(F)cc3)CC2)c1. The van der Waals surface area contributed by atoms with Gasteiger partial charge >= 0.3 is 0 Å². The summed E-state index contributed by atoms with van der Waals surface area (Å²) in [7, 11) is 0. The normalized spacial score (nSPS) is 14.0. The summed E-state index contributed by atoms with van der Waals surface area (Å²) in [5.41, 5.74) is 3.28. The van der Waals surface area contributed by atoms with Gasteiger partial charge in [0.05, 0.1) is 29.7 Å². The zero-order chi connectivity index (χ0) is 20.1. The summed E-state index contributed by atoms with van der Waals surface area (Å²) < 4.78 is 13.1. The topological polar surface area (TPSA) is 61.4 Å².